The third-order valence-electron chi connectivity index (χ3n) is 1.62. The van der Waals surface area contributed by atoms with Crippen LogP contribution in [0.1, 0.15) is 9.75 Å². The van der Waals surface area contributed by atoms with Gasteiger partial charge in [0.1, 0.15) is 0 Å². The van der Waals surface area contributed by atoms with E-state index in [4.69, 9.17) is 0 Å². The maximum Gasteiger partial charge on any atom is 0.0705 e. The zero-order valence-corrected chi connectivity index (χ0v) is 12.7. The third-order valence-corrected chi connectivity index (χ3v) is 4.74. The first-order valence-electron chi connectivity index (χ1n) is 4.31. The number of halogens is 2. The van der Waals surface area contributed by atoms with Crippen molar-refractivity contribution in [3.05, 3.63) is 41.6 Å². The van der Waals surface area contributed by atoms with Crippen LogP contribution in [-0.2, 0) is 0 Å². The Labute approximate surface area is 118 Å². The van der Waals surface area contributed by atoms with Crippen LogP contribution in [0.25, 0.3) is 0 Å². The molecule has 0 fully saturated rings. The van der Waals surface area contributed by atoms with E-state index in [1.165, 1.54) is 0 Å². The molecule has 0 bridgehead atoms. The first-order valence-corrected chi connectivity index (χ1v) is 7.53. The van der Waals surface area contributed by atoms with Gasteiger partial charge in [-0.1, -0.05) is 0 Å². The van der Waals surface area contributed by atoms with Crippen molar-refractivity contribution in [2.45, 2.75) is 0 Å². The van der Waals surface area contributed by atoms with E-state index in [1.54, 1.807) is 35.1 Å². The summed E-state index contributed by atoms with van der Waals surface area (Å²) in [4.78, 5) is 2.16. The van der Waals surface area contributed by atoms with Crippen molar-refractivity contribution in [2.75, 3.05) is 0 Å². The Balaban J connectivity index is 1.96. The van der Waals surface area contributed by atoms with Crippen LogP contribution < -0.4 is 0 Å². The Morgan fingerprint density at radius 3 is 1.56 bits per heavy atom. The quantitative estimate of drug-likeness (QED) is 0.542. The van der Waals surface area contributed by atoms with Crippen molar-refractivity contribution < 1.29 is 0 Å². The van der Waals surface area contributed by atoms with Crippen LogP contribution in [0.5, 0.6) is 0 Å². The van der Waals surface area contributed by atoms with Gasteiger partial charge in [0.15, 0.2) is 0 Å². The molecule has 0 aliphatic rings. The molecule has 0 amide bonds. The minimum absolute atomic E-state index is 1.08. The molecule has 0 aliphatic heterocycles. The van der Waals surface area contributed by atoms with E-state index in [9.17, 15) is 0 Å². The lowest BCUT2D eigenvalue weighted by Crippen LogP contribution is -1.72. The standard InChI is InChI=1S/C10H6Br2N2S2/c11-9-3-1-7(15-9)5-13-14-6-8-2-4-10(12)16-8/h1-6H. The Morgan fingerprint density at radius 2 is 1.25 bits per heavy atom. The van der Waals surface area contributed by atoms with E-state index in [-0.39, 0.29) is 0 Å². The molecule has 0 radical (unpaired) electrons. The number of hydrogen-bond donors (Lipinski definition) is 0. The van der Waals surface area contributed by atoms with E-state index in [2.05, 4.69) is 42.1 Å². The van der Waals surface area contributed by atoms with Gasteiger partial charge in [-0.25, -0.2) is 0 Å². The molecule has 0 aliphatic carbocycles. The van der Waals surface area contributed by atoms with Crippen LogP contribution in [0.15, 0.2) is 42.0 Å². The second kappa shape index (κ2) is 5.86. The minimum atomic E-state index is 1.08. The van der Waals surface area contributed by atoms with Gasteiger partial charge >= 0.3 is 0 Å². The van der Waals surface area contributed by atoms with Crippen molar-refractivity contribution in [1.29, 1.82) is 0 Å². The molecule has 2 heterocycles. The largest absolute Gasteiger partial charge is 0.158 e. The molecular weight excluding hydrogens is 372 g/mol. The Hall–Kier alpha value is -0.300. The van der Waals surface area contributed by atoms with Gasteiger partial charge in [0, 0.05) is 9.75 Å². The van der Waals surface area contributed by atoms with Crippen LogP contribution in [0.2, 0.25) is 0 Å². The van der Waals surface area contributed by atoms with E-state index in [0.29, 0.717) is 0 Å². The summed E-state index contributed by atoms with van der Waals surface area (Å²) in [6, 6.07) is 7.98. The molecule has 16 heavy (non-hydrogen) atoms. The zero-order valence-electron chi connectivity index (χ0n) is 7.93. The second-order valence-corrected chi connectivity index (χ2v) is 7.76. The van der Waals surface area contributed by atoms with E-state index in [0.717, 1.165) is 17.3 Å². The lowest BCUT2D eigenvalue weighted by Gasteiger charge is -1.81. The summed E-state index contributed by atoms with van der Waals surface area (Å²) < 4.78 is 2.19. The summed E-state index contributed by atoms with van der Waals surface area (Å²) in [7, 11) is 0. The average molecular weight is 378 g/mol. The van der Waals surface area contributed by atoms with Gasteiger partial charge in [-0.15, -0.1) is 22.7 Å². The van der Waals surface area contributed by atoms with Crippen molar-refractivity contribution in [3.63, 3.8) is 0 Å². The summed E-state index contributed by atoms with van der Waals surface area (Å²) in [5.41, 5.74) is 0. The molecular formula is C10H6Br2N2S2. The fourth-order valence-corrected chi connectivity index (χ4v) is 3.56. The highest BCUT2D eigenvalue weighted by molar-refractivity contribution is 9.11. The molecule has 0 N–H and O–H groups in total. The van der Waals surface area contributed by atoms with Crippen molar-refractivity contribution in [3.8, 4) is 0 Å². The fourth-order valence-electron chi connectivity index (χ4n) is 0.976. The molecule has 82 valence electrons. The van der Waals surface area contributed by atoms with Gasteiger partial charge in [0.2, 0.25) is 0 Å². The Morgan fingerprint density at radius 1 is 0.812 bits per heavy atom. The minimum Gasteiger partial charge on any atom is -0.158 e. The Bertz CT molecular complexity index is 480. The molecule has 0 saturated carbocycles. The lowest BCUT2D eigenvalue weighted by molar-refractivity contribution is 1.27. The number of rotatable bonds is 3. The van der Waals surface area contributed by atoms with Crippen LogP contribution in [-0.4, -0.2) is 12.4 Å². The average Bonchev–Trinajstić information content (AvgIpc) is 2.83. The van der Waals surface area contributed by atoms with Gasteiger partial charge in [-0.05, 0) is 56.1 Å². The van der Waals surface area contributed by atoms with Crippen molar-refractivity contribution in [2.24, 2.45) is 10.2 Å². The van der Waals surface area contributed by atoms with E-state index < -0.39 is 0 Å². The van der Waals surface area contributed by atoms with Crippen LogP contribution >= 0.6 is 54.5 Å². The summed E-state index contributed by atoms with van der Waals surface area (Å²) in [5.74, 6) is 0. The SMILES string of the molecule is Brc1ccc(C=NN=Cc2ccc(Br)s2)s1. The number of nitrogens with zero attached hydrogens (tertiary/aromatic N) is 2. The van der Waals surface area contributed by atoms with Gasteiger partial charge in [-0.2, -0.15) is 10.2 Å². The summed E-state index contributed by atoms with van der Waals surface area (Å²) in [6.07, 6.45) is 3.49. The summed E-state index contributed by atoms with van der Waals surface area (Å²) in [5, 5.41) is 7.97. The van der Waals surface area contributed by atoms with Crippen LogP contribution in [0.3, 0.4) is 0 Å². The maximum absolute atomic E-state index is 3.98. The second-order valence-electron chi connectivity index (χ2n) is 2.77. The third kappa shape index (κ3) is 3.62. The van der Waals surface area contributed by atoms with Gasteiger partial charge in [0.05, 0.1) is 20.0 Å². The number of hydrogen-bond acceptors (Lipinski definition) is 4. The smallest absolute Gasteiger partial charge is 0.0705 e. The molecule has 2 aromatic rings. The molecule has 0 aromatic carbocycles. The number of thiophene rings is 2. The summed E-state index contributed by atoms with van der Waals surface area (Å²) >= 11 is 10.0. The molecule has 0 spiro atoms. The molecule has 2 rings (SSSR count). The monoisotopic (exact) mass is 376 g/mol. The molecule has 6 heteroatoms. The van der Waals surface area contributed by atoms with E-state index >= 15 is 0 Å². The molecule has 0 atom stereocenters. The van der Waals surface area contributed by atoms with Gasteiger partial charge in [0.25, 0.3) is 0 Å². The summed E-state index contributed by atoms with van der Waals surface area (Å²) in [6.45, 7) is 0. The lowest BCUT2D eigenvalue weighted by atomic mass is 10.5. The topological polar surface area (TPSA) is 24.7 Å². The van der Waals surface area contributed by atoms with Gasteiger partial charge < -0.3 is 0 Å². The molecule has 2 nitrogen and oxygen atoms in total. The normalized spacial score (nSPS) is 11.9. The first-order chi connectivity index (χ1) is 7.74. The van der Waals surface area contributed by atoms with Crippen LogP contribution in [0.4, 0.5) is 0 Å². The highest BCUT2D eigenvalue weighted by Gasteiger charge is 1.93. The zero-order chi connectivity index (χ0) is 11.4. The first kappa shape index (κ1) is 12.2. The van der Waals surface area contributed by atoms with E-state index in [1.807, 2.05) is 24.3 Å². The van der Waals surface area contributed by atoms with Crippen LogP contribution in [0, 0.1) is 0 Å². The fraction of sp³-hybridized carbons (Fsp3) is 0. The Kier molecular flexibility index (Phi) is 4.45. The molecule has 0 unspecified atom stereocenters. The molecule has 2 aromatic heterocycles. The predicted octanol–water partition coefficient (Wildman–Crippen LogP) is 4.79. The predicted molar refractivity (Wildman–Crippen MR) is 79.2 cm³/mol. The van der Waals surface area contributed by atoms with Crippen molar-refractivity contribution in [1.82, 2.24) is 0 Å². The highest BCUT2D eigenvalue weighted by Crippen LogP contribution is 2.21. The highest BCUT2D eigenvalue weighted by atomic mass is 79.9. The van der Waals surface area contributed by atoms with Gasteiger partial charge in [-0.3, -0.25) is 0 Å². The maximum atomic E-state index is 3.98. The van der Waals surface area contributed by atoms with Crippen molar-refractivity contribution >= 4 is 67.0 Å². The molecule has 0 saturated heterocycles.